The summed E-state index contributed by atoms with van der Waals surface area (Å²) < 4.78 is 4.76. The van der Waals surface area contributed by atoms with Crippen LogP contribution in [0.2, 0.25) is 0 Å². The van der Waals surface area contributed by atoms with Crippen LogP contribution in [0.25, 0.3) is 47.7 Å². The minimum absolute atomic E-state index is 0.902. The molecule has 192 valence electrons. The Bertz CT molecular complexity index is 2040. The zero-order chi connectivity index (χ0) is 27.1. The van der Waals surface area contributed by atoms with Gasteiger partial charge in [-0.25, -0.2) is 4.98 Å². The number of hydrogen-bond donors (Lipinski definition) is 0. The summed E-state index contributed by atoms with van der Waals surface area (Å²) in [6.45, 7) is 6.15. The summed E-state index contributed by atoms with van der Waals surface area (Å²) in [5.41, 5.74) is 5.59. The second-order valence-electron chi connectivity index (χ2n) is 9.66. The van der Waals surface area contributed by atoms with Gasteiger partial charge in [0.25, 0.3) is 0 Å². The topological polar surface area (TPSA) is 21.1 Å². The van der Waals surface area contributed by atoms with Crippen molar-refractivity contribution in [2.75, 3.05) is 4.90 Å². The van der Waals surface area contributed by atoms with Crippen LogP contribution in [0, 0.1) is 0 Å². The molecule has 0 atom stereocenters. The number of nitrogens with zero attached hydrogens (tertiary/aromatic N) is 3. The first-order valence-electron chi connectivity index (χ1n) is 13.4. The lowest BCUT2D eigenvalue weighted by atomic mass is 10.1. The van der Waals surface area contributed by atoms with Gasteiger partial charge in [-0.1, -0.05) is 73.3 Å². The van der Waals surface area contributed by atoms with Crippen LogP contribution in [0.15, 0.2) is 146 Å². The number of pyridine rings is 1. The van der Waals surface area contributed by atoms with E-state index in [1.165, 1.54) is 37.3 Å². The molecule has 40 heavy (non-hydrogen) atoms. The monoisotopic (exact) mass is 533 g/mol. The Morgan fingerprint density at radius 3 is 2.20 bits per heavy atom. The Morgan fingerprint density at radius 2 is 1.50 bits per heavy atom. The third-order valence-electron chi connectivity index (χ3n) is 7.34. The normalized spacial score (nSPS) is 12.3. The van der Waals surface area contributed by atoms with Gasteiger partial charge in [0.2, 0.25) is 0 Å². The van der Waals surface area contributed by atoms with Crippen molar-refractivity contribution in [1.29, 1.82) is 0 Å². The SMILES string of the molecule is C=C/C(=C\C=C/C)N(c1ccccc1)c1nccc2c1sc1ccc(-n3c4ccccc4c4ccccc43)cc12. The van der Waals surface area contributed by atoms with Gasteiger partial charge >= 0.3 is 0 Å². The molecule has 3 heterocycles. The molecule has 0 aliphatic carbocycles. The number of benzene rings is 4. The number of anilines is 2. The molecule has 3 nitrogen and oxygen atoms in total. The minimum Gasteiger partial charge on any atom is -0.309 e. The Kier molecular flexibility index (Phi) is 6.03. The number of fused-ring (bicyclic) bond motifs is 6. The number of rotatable bonds is 6. The third kappa shape index (κ3) is 3.84. The van der Waals surface area contributed by atoms with Crippen molar-refractivity contribution in [3.8, 4) is 5.69 Å². The molecule has 7 rings (SSSR count). The number of aromatic nitrogens is 2. The van der Waals surface area contributed by atoms with Crippen LogP contribution in [-0.4, -0.2) is 9.55 Å². The maximum absolute atomic E-state index is 4.93. The van der Waals surface area contributed by atoms with E-state index in [2.05, 4.69) is 119 Å². The van der Waals surface area contributed by atoms with E-state index >= 15 is 0 Å². The van der Waals surface area contributed by atoms with E-state index < -0.39 is 0 Å². The van der Waals surface area contributed by atoms with Crippen LogP contribution in [0.5, 0.6) is 0 Å². The van der Waals surface area contributed by atoms with Gasteiger partial charge < -0.3 is 4.57 Å². The standard InChI is InChI=1S/C36H27N3S/c1-3-5-13-25(4-2)38(26-14-7-6-8-15-26)36-35-30(22-23-37-36)31-24-27(20-21-34(31)40-35)39-32-18-11-9-16-28(32)29-17-10-12-19-33(29)39/h3-24H,2H2,1H3/b5-3-,25-13+. The number of hydrogen-bond acceptors (Lipinski definition) is 3. The zero-order valence-corrected chi connectivity index (χ0v) is 23.0. The summed E-state index contributed by atoms with van der Waals surface area (Å²) >= 11 is 1.78. The van der Waals surface area contributed by atoms with Gasteiger partial charge in [-0.3, -0.25) is 4.90 Å². The largest absolute Gasteiger partial charge is 0.309 e. The molecule has 4 heteroatoms. The molecule has 0 aliphatic rings. The molecular formula is C36H27N3S. The molecule has 0 aliphatic heterocycles. The number of para-hydroxylation sites is 3. The molecule has 0 fully saturated rings. The maximum atomic E-state index is 4.93. The van der Waals surface area contributed by atoms with Gasteiger partial charge in [-0.2, -0.15) is 0 Å². The average molecular weight is 534 g/mol. The van der Waals surface area contributed by atoms with Crippen molar-refractivity contribution in [3.63, 3.8) is 0 Å². The Balaban J connectivity index is 1.47. The Morgan fingerprint density at radius 1 is 0.800 bits per heavy atom. The predicted molar refractivity (Wildman–Crippen MR) is 173 cm³/mol. The molecule has 0 saturated heterocycles. The zero-order valence-electron chi connectivity index (χ0n) is 22.2. The molecule has 0 radical (unpaired) electrons. The molecule has 4 aromatic carbocycles. The quantitative estimate of drug-likeness (QED) is 0.198. The lowest BCUT2D eigenvalue weighted by Gasteiger charge is -2.25. The molecule has 0 saturated carbocycles. The summed E-state index contributed by atoms with van der Waals surface area (Å²) in [5, 5.41) is 4.96. The highest BCUT2D eigenvalue weighted by Crippen LogP contribution is 2.43. The van der Waals surface area contributed by atoms with Crippen molar-refractivity contribution in [2.45, 2.75) is 6.92 Å². The highest BCUT2D eigenvalue weighted by atomic mass is 32.1. The smallest absolute Gasteiger partial charge is 0.155 e. The van der Waals surface area contributed by atoms with Crippen LogP contribution in [0.1, 0.15) is 6.92 Å². The molecule has 0 bridgehead atoms. The Labute approximate surface area is 237 Å². The van der Waals surface area contributed by atoms with Gasteiger partial charge in [-0.15, -0.1) is 11.3 Å². The van der Waals surface area contributed by atoms with Gasteiger partial charge in [-0.05, 0) is 67.6 Å². The van der Waals surface area contributed by atoms with Crippen LogP contribution in [0.3, 0.4) is 0 Å². The first-order valence-corrected chi connectivity index (χ1v) is 14.2. The van der Waals surface area contributed by atoms with Crippen molar-refractivity contribution < 1.29 is 0 Å². The van der Waals surface area contributed by atoms with E-state index in [1.54, 1.807) is 11.3 Å². The van der Waals surface area contributed by atoms with Crippen LogP contribution < -0.4 is 4.90 Å². The summed E-state index contributed by atoms with van der Waals surface area (Å²) in [4.78, 5) is 7.12. The summed E-state index contributed by atoms with van der Waals surface area (Å²) in [5.74, 6) is 0.902. The lowest BCUT2D eigenvalue weighted by Crippen LogP contribution is -2.16. The van der Waals surface area contributed by atoms with E-state index in [4.69, 9.17) is 4.98 Å². The molecule has 0 amide bonds. The van der Waals surface area contributed by atoms with Crippen molar-refractivity contribution in [2.24, 2.45) is 0 Å². The van der Waals surface area contributed by atoms with Crippen LogP contribution in [0.4, 0.5) is 11.5 Å². The Hall–Kier alpha value is -4.93. The van der Waals surface area contributed by atoms with Crippen molar-refractivity contribution in [3.05, 3.63) is 146 Å². The highest BCUT2D eigenvalue weighted by Gasteiger charge is 2.20. The first-order chi connectivity index (χ1) is 19.8. The molecule has 0 spiro atoms. The van der Waals surface area contributed by atoms with Gasteiger partial charge in [0.1, 0.15) is 0 Å². The first kappa shape index (κ1) is 24.1. The fourth-order valence-corrected chi connectivity index (χ4v) is 6.73. The molecule has 7 aromatic rings. The summed E-state index contributed by atoms with van der Waals surface area (Å²) in [7, 11) is 0. The molecule has 3 aromatic heterocycles. The van der Waals surface area contributed by atoms with E-state index in [-0.39, 0.29) is 0 Å². The third-order valence-corrected chi connectivity index (χ3v) is 8.52. The van der Waals surface area contributed by atoms with E-state index in [0.717, 1.165) is 27.6 Å². The van der Waals surface area contributed by atoms with Crippen molar-refractivity contribution >= 4 is 64.8 Å². The maximum Gasteiger partial charge on any atom is 0.155 e. The second kappa shape index (κ2) is 9.99. The van der Waals surface area contributed by atoms with Gasteiger partial charge in [0.15, 0.2) is 5.82 Å². The molecular weight excluding hydrogens is 506 g/mol. The fourth-order valence-electron chi connectivity index (χ4n) is 5.58. The fraction of sp³-hybridized carbons (Fsp3) is 0.0278. The average Bonchev–Trinajstić information content (AvgIpc) is 3.55. The predicted octanol–water partition coefficient (Wildman–Crippen LogP) is 10.3. The van der Waals surface area contributed by atoms with E-state index in [0.29, 0.717) is 0 Å². The van der Waals surface area contributed by atoms with Crippen molar-refractivity contribution in [1.82, 2.24) is 9.55 Å². The summed E-state index contributed by atoms with van der Waals surface area (Å²) in [6, 6.07) is 36.6. The lowest BCUT2D eigenvalue weighted by molar-refractivity contribution is 1.15. The van der Waals surface area contributed by atoms with Crippen LogP contribution >= 0.6 is 11.3 Å². The minimum atomic E-state index is 0.902. The number of thiophene rings is 1. The molecule has 0 N–H and O–H groups in total. The van der Waals surface area contributed by atoms with E-state index in [9.17, 15) is 0 Å². The molecule has 0 unspecified atom stereocenters. The number of allylic oxidation sites excluding steroid dienone is 4. The second-order valence-corrected chi connectivity index (χ2v) is 10.7. The highest BCUT2D eigenvalue weighted by molar-refractivity contribution is 7.26. The van der Waals surface area contributed by atoms with Gasteiger partial charge in [0, 0.05) is 49.5 Å². The van der Waals surface area contributed by atoms with E-state index in [1.807, 2.05) is 37.4 Å². The van der Waals surface area contributed by atoms with Gasteiger partial charge in [0.05, 0.1) is 15.7 Å². The van der Waals surface area contributed by atoms with Crippen LogP contribution in [-0.2, 0) is 0 Å². The summed E-state index contributed by atoms with van der Waals surface area (Å²) in [6.07, 6.45) is 9.95.